The van der Waals surface area contributed by atoms with E-state index in [1.165, 1.54) is 153 Å². The Bertz CT molecular complexity index is 4720. The molecule has 0 aliphatic rings. The third-order valence-corrected chi connectivity index (χ3v) is 15.8. The SMILES string of the molecule is c1ccc(-n2c3ccccc3c3cc(-c4cccc5c6cccc7c8cc9c(cc8n(c45)c76)c4cccc5c6cccc(-c7ccc8c(c7)c7ccccc7n8-c7ccccc7)c6n9c45)ccc32)cc1. The number of rotatable bonds is 4. The molecule has 17 aromatic rings. The lowest BCUT2D eigenvalue weighted by molar-refractivity contribution is 1.18. The summed E-state index contributed by atoms with van der Waals surface area (Å²) < 4.78 is 9.97. The van der Waals surface area contributed by atoms with Gasteiger partial charge in [-0.3, -0.25) is 0 Å². The van der Waals surface area contributed by atoms with E-state index in [0.29, 0.717) is 0 Å². The largest absolute Gasteiger partial charge is 0.309 e. The standard InChI is InChI=1S/C66H38N4/c1-3-15-41(16-4-1)67-57-29-9-7-19-45(57)53-35-39(31-33-59(53)67)43-21-11-23-47-49-25-13-27-51-55-38-62-56(37-61(55)69(63(43)47)65(49)51)52-28-14-26-50-48-24-12-22-44(64(48)70(62)66(50)52)40-32-34-60-54(36-40)46-20-8-10-30-58(46)68(60)42-17-5-2-6-18-42/h1-38H. The maximum absolute atomic E-state index is 2.58. The third-order valence-electron chi connectivity index (χ3n) is 15.8. The molecule has 0 atom stereocenters. The van der Waals surface area contributed by atoms with Gasteiger partial charge in [-0.1, -0.05) is 158 Å². The summed E-state index contributed by atoms with van der Waals surface area (Å²) in [6, 6.07) is 85.8. The summed E-state index contributed by atoms with van der Waals surface area (Å²) in [4.78, 5) is 0. The monoisotopic (exact) mass is 886 g/mol. The molecule has 0 unspecified atom stereocenters. The zero-order chi connectivity index (χ0) is 45.3. The average molecular weight is 887 g/mol. The van der Waals surface area contributed by atoms with E-state index in [2.05, 4.69) is 248 Å². The molecule has 0 radical (unpaired) electrons. The summed E-state index contributed by atoms with van der Waals surface area (Å²) in [5, 5.41) is 15.3. The van der Waals surface area contributed by atoms with Gasteiger partial charge in [0.15, 0.2) is 0 Å². The number of benzene rings is 11. The second-order valence-corrected chi connectivity index (χ2v) is 19.2. The summed E-state index contributed by atoms with van der Waals surface area (Å²) in [5.41, 5.74) is 19.6. The van der Waals surface area contributed by atoms with Crippen molar-refractivity contribution in [1.29, 1.82) is 0 Å². The topological polar surface area (TPSA) is 18.7 Å². The first-order chi connectivity index (χ1) is 34.8. The molecule has 322 valence electrons. The molecule has 4 nitrogen and oxygen atoms in total. The average Bonchev–Trinajstić information content (AvgIpc) is 4.26. The van der Waals surface area contributed by atoms with E-state index in [-0.39, 0.29) is 0 Å². The molecular weight excluding hydrogens is 849 g/mol. The molecule has 0 fully saturated rings. The van der Waals surface area contributed by atoms with Crippen LogP contribution in [0.25, 0.3) is 153 Å². The van der Waals surface area contributed by atoms with Crippen molar-refractivity contribution in [3.05, 3.63) is 231 Å². The Morgan fingerprint density at radius 1 is 0.200 bits per heavy atom. The van der Waals surface area contributed by atoms with E-state index in [4.69, 9.17) is 0 Å². The van der Waals surface area contributed by atoms with Crippen LogP contribution in [0.5, 0.6) is 0 Å². The fourth-order valence-electron chi connectivity index (χ4n) is 13.0. The third kappa shape index (κ3) is 4.56. The fraction of sp³-hybridized carbons (Fsp3) is 0. The van der Waals surface area contributed by atoms with Gasteiger partial charge in [0.1, 0.15) is 0 Å². The Morgan fingerprint density at radius 3 is 0.971 bits per heavy atom. The Hall–Kier alpha value is -9.38. The van der Waals surface area contributed by atoms with Crippen LogP contribution in [0.1, 0.15) is 0 Å². The lowest BCUT2D eigenvalue weighted by Gasteiger charge is -2.10. The van der Waals surface area contributed by atoms with Crippen LogP contribution < -0.4 is 0 Å². The molecule has 0 saturated heterocycles. The van der Waals surface area contributed by atoms with Gasteiger partial charge in [0.25, 0.3) is 0 Å². The minimum atomic E-state index is 1.17. The quantitative estimate of drug-likeness (QED) is 0.168. The van der Waals surface area contributed by atoms with Crippen LogP contribution in [0.15, 0.2) is 231 Å². The normalized spacial score (nSPS) is 12.6. The predicted octanol–water partition coefficient (Wildman–Crippen LogP) is 17.5. The van der Waals surface area contributed by atoms with E-state index in [1.807, 2.05) is 0 Å². The number of para-hydroxylation sites is 8. The Balaban J connectivity index is 0.927. The summed E-state index contributed by atoms with van der Waals surface area (Å²) in [5.74, 6) is 0. The lowest BCUT2D eigenvalue weighted by Crippen LogP contribution is -1.93. The molecule has 6 heterocycles. The van der Waals surface area contributed by atoms with Crippen LogP contribution in [-0.4, -0.2) is 17.9 Å². The highest BCUT2D eigenvalue weighted by molar-refractivity contribution is 6.30. The number of aromatic nitrogens is 4. The highest BCUT2D eigenvalue weighted by Crippen LogP contribution is 2.48. The first-order valence-electron chi connectivity index (χ1n) is 24.3. The fourth-order valence-corrected chi connectivity index (χ4v) is 13.0. The summed E-state index contributed by atoms with van der Waals surface area (Å²) >= 11 is 0. The summed E-state index contributed by atoms with van der Waals surface area (Å²) in [6.07, 6.45) is 0. The van der Waals surface area contributed by atoms with Crippen molar-refractivity contribution in [3.8, 4) is 33.6 Å². The molecule has 0 aliphatic carbocycles. The van der Waals surface area contributed by atoms with Gasteiger partial charge in [0.05, 0.1) is 55.2 Å². The zero-order valence-corrected chi connectivity index (χ0v) is 37.7. The Labute approximate surface area is 400 Å². The second-order valence-electron chi connectivity index (χ2n) is 19.2. The minimum absolute atomic E-state index is 1.17. The van der Waals surface area contributed by atoms with Crippen molar-refractivity contribution in [2.45, 2.75) is 0 Å². The molecule has 4 heteroatoms. The first kappa shape index (κ1) is 36.7. The van der Waals surface area contributed by atoms with Crippen molar-refractivity contribution >= 4 is 120 Å². The molecule has 11 aromatic carbocycles. The highest BCUT2D eigenvalue weighted by Gasteiger charge is 2.25. The summed E-state index contributed by atoms with van der Waals surface area (Å²) in [6.45, 7) is 0. The molecule has 0 amide bonds. The van der Waals surface area contributed by atoms with Crippen molar-refractivity contribution in [2.75, 3.05) is 0 Å². The van der Waals surface area contributed by atoms with Gasteiger partial charge < -0.3 is 17.9 Å². The molecule has 0 spiro atoms. The Morgan fingerprint density at radius 2 is 0.529 bits per heavy atom. The van der Waals surface area contributed by atoms with Crippen LogP contribution >= 0.6 is 0 Å². The second kappa shape index (κ2) is 13.2. The molecule has 0 aliphatic heterocycles. The first-order valence-corrected chi connectivity index (χ1v) is 24.3. The number of hydrogen-bond donors (Lipinski definition) is 0. The van der Waals surface area contributed by atoms with Crippen LogP contribution in [0.2, 0.25) is 0 Å². The van der Waals surface area contributed by atoms with Crippen LogP contribution in [0.3, 0.4) is 0 Å². The van der Waals surface area contributed by atoms with Gasteiger partial charge in [-0.2, -0.15) is 0 Å². The van der Waals surface area contributed by atoms with Crippen molar-refractivity contribution < 1.29 is 0 Å². The van der Waals surface area contributed by atoms with Gasteiger partial charge in [-0.15, -0.1) is 0 Å². The molecule has 70 heavy (non-hydrogen) atoms. The van der Waals surface area contributed by atoms with Gasteiger partial charge >= 0.3 is 0 Å². The van der Waals surface area contributed by atoms with Crippen molar-refractivity contribution in [2.24, 2.45) is 0 Å². The van der Waals surface area contributed by atoms with Crippen LogP contribution in [-0.2, 0) is 0 Å². The van der Waals surface area contributed by atoms with Crippen molar-refractivity contribution in [3.63, 3.8) is 0 Å². The number of nitrogens with zero attached hydrogens (tertiary/aromatic N) is 4. The molecular formula is C66H38N4. The number of hydrogen-bond acceptors (Lipinski definition) is 0. The van der Waals surface area contributed by atoms with E-state index in [0.717, 1.165) is 0 Å². The Kier molecular flexibility index (Phi) is 6.92. The molecule has 0 saturated carbocycles. The van der Waals surface area contributed by atoms with E-state index in [1.54, 1.807) is 0 Å². The van der Waals surface area contributed by atoms with Gasteiger partial charge in [0.2, 0.25) is 0 Å². The van der Waals surface area contributed by atoms with Gasteiger partial charge in [-0.25, -0.2) is 0 Å². The van der Waals surface area contributed by atoms with E-state index in [9.17, 15) is 0 Å². The minimum Gasteiger partial charge on any atom is -0.309 e. The predicted molar refractivity (Wildman–Crippen MR) is 295 cm³/mol. The maximum Gasteiger partial charge on any atom is 0.0620 e. The molecule has 0 N–H and O–H groups in total. The smallest absolute Gasteiger partial charge is 0.0620 e. The molecule has 0 bridgehead atoms. The summed E-state index contributed by atoms with van der Waals surface area (Å²) in [7, 11) is 0. The maximum atomic E-state index is 2.58. The van der Waals surface area contributed by atoms with Crippen LogP contribution in [0, 0.1) is 0 Å². The van der Waals surface area contributed by atoms with E-state index < -0.39 is 0 Å². The highest BCUT2D eigenvalue weighted by atomic mass is 15.0. The van der Waals surface area contributed by atoms with Gasteiger partial charge in [-0.05, 0) is 83.9 Å². The van der Waals surface area contributed by atoms with E-state index >= 15 is 0 Å². The van der Waals surface area contributed by atoms with Crippen molar-refractivity contribution in [1.82, 2.24) is 17.9 Å². The molecule has 6 aromatic heterocycles. The van der Waals surface area contributed by atoms with Gasteiger partial charge in [0, 0.05) is 87.1 Å². The number of fused-ring (bicyclic) bond motifs is 18. The molecule has 17 rings (SSSR count). The van der Waals surface area contributed by atoms with Crippen LogP contribution in [0.4, 0.5) is 0 Å². The lowest BCUT2D eigenvalue weighted by atomic mass is 9.98. The zero-order valence-electron chi connectivity index (χ0n) is 37.7.